The standard InChI is InChI=1S/C15H23N7O2/c1-20(2)9-10-24-11-14-19-18-13-4-6-21(7-8-22(13)14)15(23)12-3-5-16-17-12/h3,5H,4,6-11H2,1-2H3,(H,16,17). The molecule has 130 valence electrons. The molecule has 1 N–H and O–H groups in total. The lowest BCUT2D eigenvalue weighted by atomic mass is 10.3. The number of aromatic amines is 1. The fraction of sp³-hybridized carbons (Fsp3) is 0.600. The molecular weight excluding hydrogens is 310 g/mol. The van der Waals surface area contributed by atoms with Crippen molar-refractivity contribution in [2.45, 2.75) is 19.6 Å². The molecule has 1 aliphatic rings. The van der Waals surface area contributed by atoms with Crippen LogP contribution in [-0.2, 0) is 24.3 Å². The van der Waals surface area contributed by atoms with Crippen molar-refractivity contribution in [1.29, 1.82) is 0 Å². The number of nitrogens with one attached hydrogen (secondary N) is 1. The summed E-state index contributed by atoms with van der Waals surface area (Å²) < 4.78 is 7.74. The Labute approximate surface area is 140 Å². The molecule has 1 amide bonds. The fourth-order valence-electron chi connectivity index (χ4n) is 2.65. The maximum Gasteiger partial charge on any atom is 0.271 e. The number of nitrogens with zero attached hydrogens (tertiary/aromatic N) is 6. The third-order valence-corrected chi connectivity index (χ3v) is 4.04. The van der Waals surface area contributed by atoms with Gasteiger partial charge in [0.05, 0.1) is 6.61 Å². The number of likely N-dealkylation sites (N-methyl/N-ethyl adjacent to an activating group) is 1. The largest absolute Gasteiger partial charge is 0.372 e. The van der Waals surface area contributed by atoms with Crippen molar-refractivity contribution >= 4 is 5.91 Å². The average molecular weight is 333 g/mol. The van der Waals surface area contributed by atoms with Gasteiger partial charge in [0.1, 0.15) is 18.1 Å². The average Bonchev–Trinajstić information content (AvgIpc) is 3.17. The van der Waals surface area contributed by atoms with Gasteiger partial charge in [0, 0.05) is 38.8 Å². The molecule has 0 unspecified atom stereocenters. The SMILES string of the molecule is CN(C)CCOCc1nnc2n1CCN(C(=O)c1ccn[nH]1)CC2. The normalized spacial score (nSPS) is 14.7. The van der Waals surface area contributed by atoms with E-state index in [1.165, 1.54) is 0 Å². The number of amides is 1. The van der Waals surface area contributed by atoms with Gasteiger partial charge in [-0.05, 0) is 20.2 Å². The third kappa shape index (κ3) is 3.80. The Bertz CT molecular complexity index is 665. The summed E-state index contributed by atoms with van der Waals surface area (Å²) in [4.78, 5) is 16.3. The number of aromatic nitrogens is 5. The second kappa shape index (κ2) is 7.54. The highest BCUT2D eigenvalue weighted by atomic mass is 16.5. The van der Waals surface area contributed by atoms with Gasteiger partial charge < -0.3 is 19.1 Å². The van der Waals surface area contributed by atoms with Crippen LogP contribution in [0.5, 0.6) is 0 Å². The van der Waals surface area contributed by atoms with E-state index < -0.39 is 0 Å². The summed E-state index contributed by atoms with van der Waals surface area (Å²) in [6.07, 6.45) is 2.27. The molecule has 0 saturated heterocycles. The van der Waals surface area contributed by atoms with Crippen LogP contribution in [0, 0.1) is 0 Å². The lowest BCUT2D eigenvalue weighted by molar-refractivity contribution is 0.0750. The molecule has 9 nitrogen and oxygen atoms in total. The van der Waals surface area contributed by atoms with Gasteiger partial charge >= 0.3 is 0 Å². The van der Waals surface area contributed by atoms with Crippen molar-refractivity contribution < 1.29 is 9.53 Å². The minimum atomic E-state index is -0.0324. The maximum atomic E-state index is 12.4. The number of carbonyl (C=O) groups excluding carboxylic acids is 1. The van der Waals surface area contributed by atoms with Gasteiger partial charge in [0.2, 0.25) is 0 Å². The topological polar surface area (TPSA) is 92.2 Å². The van der Waals surface area contributed by atoms with Crippen molar-refractivity contribution in [1.82, 2.24) is 34.8 Å². The van der Waals surface area contributed by atoms with E-state index in [9.17, 15) is 4.79 Å². The first-order chi connectivity index (χ1) is 11.6. The zero-order valence-electron chi connectivity index (χ0n) is 14.1. The van der Waals surface area contributed by atoms with Crippen LogP contribution in [-0.4, -0.2) is 81.0 Å². The highest BCUT2D eigenvalue weighted by Crippen LogP contribution is 2.12. The van der Waals surface area contributed by atoms with Gasteiger partial charge in [-0.2, -0.15) is 5.10 Å². The second-order valence-corrected chi connectivity index (χ2v) is 6.05. The number of fused-ring (bicyclic) bond motifs is 1. The molecule has 0 spiro atoms. The number of hydrogen-bond acceptors (Lipinski definition) is 6. The minimum Gasteiger partial charge on any atom is -0.372 e. The molecule has 2 aromatic rings. The predicted octanol–water partition coefficient (Wildman–Crippen LogP) is -0.222. The van der Waals surface area contributed by atoms with Gasteiger partial charge in [-0.15, -0.1) is 10.2 Å². The van der Waals surface area contributed by atoms with E-state index in [1.54, 1.807) is 12.3 Å². The highest BCUT2D eigenvalue weighted by Gasteiger charge is 2.23. The van der Waals surface area contributed by atoms with Crippen molar-refractivity contribution in [2.24, 2.45) is 0 Å². The van der Waals surface area contributed by atoms with Gasteiger partial charge in [-0.25, -0.2) is 0 Å². The molecule has 0 aromatic carbocycles. The van der Waals surface area contributed by atoms with Crippen LogP contribution in [0.15, 0.2) is 12.3 Å². The summed E-state index contributed by atoms with van der Waals surface area (Å²) >= 11 is 0. The Balaban J connectivity index is 1.59. The number of hydrogen-bond donors (Lipinski definition) is 1. The maximum absolute atomic E-state index is 12.4. The second-order valence-electron chi connectivity index (χ2n) is 6.05. The molecule has 0 atom stereocenters. The Morgan fingerprint density at radius 3 is 2.96 bits per heavy atom. The van der Waals surface area contributed by atoms with Crippen LogP contribution in [0.3, 0.4) is 0 Å². The quantitative estimate of drug-likeness (QED) is 0.735. The molecule has 24 heavy (non-hydrogen) atoms. The molecule has 2 aromatic heterocycles. The monoisotopic (exact) mass is 333 g/mol. The van der Waals surface area contributed by atoms with Crippen LogP contribution in [0.2, 0.25) is 0 Å². The molecule has 0 fully saturated rings. The van der Waals surface area contributed by atoms with Crippen LogP contribution in [0.1, 0.15) is 22.1 Å². The molecule has 0 radical (unpaired) electrons. The van der Waals surface area contributed by atoms with E-state index in [0.29, 0.717) is 45.0 Å². The molecule has 3 heterocycles. The Morgan fingerprint density at radius 2 is 2.21 bits per heavy atom. The van der Waals surface area contributed by atoms with Crippen LogP contribution in [0.25, 0.3) is 0 Å². The van der Waals surface area contributed by atoms with E-state index in [0.717, 1.165) is 18.2 Å². The number of carbonyl (C=O) groups is 1. The van der Waals surface area contributed by atoms with E-state index in [2.05, 4.69) is 29.9 Å². The summed E-state index contributed by atoms with van der Waals surface area (Å²) in [6.45, 7) is 3.88. The van der Waals surface area contributed by atoms with Gasteiger partial charge in [-0.1, -0.05) is 0 Å². The van der Waals surface area contributed by atoms with Crippen molar-refractivity contribution in [2.75, 3.05) is 40.3 Å². The summed E-state index contributed by atoms with van der Waals surface area (Å²) in [5.41, 5.74) is 0.514. The zero-order valence-corrected chi connectivity index (χ0v) is 14.1. The molecule has 0 aliphatic carbocycles. The van der Waals surface area contributed by atoms with Gasteiger partial charge in [0.25, 0.3) is 5.91 Å². The summed E-state index contributed by atoms with van der Waals surface area (Å²) in [5.74, 6) is 1.69. The molecule has 1 aliphatic heterocycles. The van der Waals surface area contributed by atoms with E-state index in [1.807, 2.05) is 19.0 Å². The summed E-state index contributed by atoms with van der Waals surface area (Å²) in [6, 6.07) is 1.69. The summed E-state index contributed by atoms with van der Waals surface area (Å²) in [5, 5.41) is 15.0. The Hall–Kier alpha value is -2.26. The van der Waals surface area contributed by atoms with Crippen LogP contribution in [0.4, 0.5) is 0 Å². The summed E-state index contributed by atoms with van der Waals surface area (Å²) in [7, 11) is 4.02. The smallest absolute Gasteiger partial charge is 0.271 e. The molecule has 9 heteroatoms. The highest BCUT2D eigenvalue weighted by molar-refractivity contribution is 5.92. The molecular formula is C15H23N7O2. The lowest BCUT2D eigenvalue weighted by Crippen LogP contribution is -2.34. The first kappa shape index (κ1) is 16.6. The van der Waals surface area contributed by atoms with E-state index >= 15 is 0 Å². The Morgan fingerprint density at radius 1 is 1.33 bits per heavy atom. The van der Waals surface area contributed by atoms with Crippen molar-refractivity contribution in [3.05, 3.63) is 29.6 Å². The van der Waals surface area contributed by atoms with Crippen molar-refractivity contribution in [3.63, 3.8) is 0 Å². The first-order valence-corrected chi connectivity index (χ1v) is 8.07. The van der Waals surface area contributed by atoms with Crippen molar-refractivity contribution in [3.8, 4) is 0 Å². The minimum absolute atomic E-state index is 0.0324. The number of ether oxygens (including phenoxy) is 1. The van der Waals surface area contributed by atoms with Crippen LogP contribution >= 0.6 is 0 Å². The first-order valence-electron chi connectivity index (χ1n) is 8.07. The third-order valence-electron chi connectivity index (χ3n) is 4.04. The number of rotatable bonds is 6. The molecule has 0 bridgehead atoms. The molecule has 3 rings (SSSR count). The van der Waals surface area contributed by atoms with E-state index in [-0.39, 0.29) is 5.91 Å². The van der Waals surface area contributed by atoms with E-state index in [4.69, 9.17) is 4.74 Å². The zero-order chi connectivity index (χ0) is 16.9. The number of H-pyrrole nitrogens is 1. The predicted molar refractivity (Wildman–Crippen MR) is 86.4 cm³/mol. The molecule has 0 saturated carbocycles. The lowest BCUT2D eigenvalue weighted by Gasteiger charge is -2.19. The van der Waals surface area contributed by atoms with Crippen LogP contribution < -0.4 is 0 Å². The Kier molecular flexibility index (Phi) is 5.21. The van der Waals surface area contributed by atoms with Gasteiger partial charge in [0.15, 0.2) is 5.82 Å². The fourth-order valence-corrected chi connectivity index (χ4v) is 2.65. The van der Waals surface area contributed by atoms with Gasteiger partial charge in [-0.3, -0.25) is 9.89 Å².